The molecule has 0 unspecified atom stereocenters. The molecule has 2 aromatic carbocycles. The highest BCUT2D eigenvalue weighted by molar-refractivity contribution is 6.21. The first kappa shape index (κ1) is 20.0. The third-order valence-corrected chi connectivity index (χ3v) is 8.68. The lowest BCUT2D eigenvalue weighted by Crippen LogP contribution is -2.67. The van der Waals surface area contributed by atoms with Crippen molar-refractivity contribution >= 4 is 11.8 Å². The number of likely N-dealkylation sites (tertiary alicyclic amines) is 1. The van der Waals surface area contributed by atoms with Crippen LogP contribution in [0.15, 0.2) is 61.2 Å². The fourth-order valence-corrected chi connectivity index (χ4v) is 7.37. The van der Waals surface area contributed by atoms with E-state index < -0.39 is 6.04 Å². The van der Waals surface area contributed by atoms with Gasteiger partial charge < -0.3 is 9.47 Å². The van der Waals surface area contributed by atoms with Crippen LogP contribution in [-0.4, -0.2) is 60.0 Å². The third-order valence-electron chi connectivity index (χ3n) is 8.68. The Hall–Kier alpha value is -3.38. The van der Waals surface area contributed by atoms with Crippen molar-refractivity contribution in [2.45, 2.75) is 36.4 Å². The number of nitrogens with zero attached hydrogens (tertiary/aromatic N) is 2. The Morgan fingerprint density at radius 2 is 1.91 bits per heavy atom. The van der Waals surface area contributed by atoms with Gasteiger partial charge in [0, 0.05) is 29.5 Å². The van der Waals surface area contributed by atoms with Gasteiger partial charge in [0.25, 0.3) is 11.8 Å². The zero-order valence-electron chi connectivity index (χ0n) is 19.1. The molecule has 6 nitrogen and oxygen atoms in total. The largest absolute Gasteiger partial charge is 0.493 e. The summed E-state index contributed by atoms with van der Waals surface area (Å²) in [5, 5.41) is 0. The van der Waals surface area contributed by atoms with Crippen LogP contribution < -0.4 is 9.47 Å². The highest BCUT2D eigenvalue weighted by atomic mass is 16.5. The van der Waals surface area contributed by atoms with Crippen molar-refractivity contribution in [1.29, 1.82) is 0 Å². The van der Waals surface area contributed by atoms with Gasteiger partial charge in [0.2, 0.25) is 0 Å². The van der Waals surface area contributed by atoms with Crippen LogP contribution in [0.5, 0.6) is 11.5 Å². The van der Waals surface area contributed by atoms with Crippen molar-refractivity contribution in [1.82, 2.24) is 9.80 Å². The molecule has 1 fully saturated rings. The van der Waals surface area contributed by atoms with Crippen LogP contribution in [0.1, 0.15) is 38.3 Å². The monoisotopic (exact) mass is 454 g/mol. The molecule has 3 aliphatic heterocycles. The second kappa shape index (κ2) is 6.83. The van der Waals surface area contributed by atoms with E-state index in [0.29, 0.717) is 22.9 Å². The Morgan fingerprint density at radius 3 is 2.62 bits per heavy atom. The quantitative estimate of drug-likeness (QED) is 0.524. The molecule has 0 N–H and O–H groups in total. The van der Waals surface area contributed by atoms with Crippen molar-refractivity contribution in [2.24, 2.45) is 5.92 Å². The number of rotatable bonds is 4. The molecule has 5 aliphatic rings. The molecule has 172 valence electrons. The first-order valence-corrected chi connectivity index (χ1v) is 12.0. The molecular formula is C28H26N2O4. The summed E-state index contributed by atoms with van der Waals surface area (Å²) in [6.45, 7) is 5.74. The Labute approximate surface area is 198 Å². The number of benzene rings is 2. The highest BCUT2D eigenvalue weighted by Gasteiger charge is 2.66. The van der Waals surface area contributed by atoms with Gasteiger partial charge in [-0.3, -0.25) is 19.4 Å². The summed E-state index contributed by atoms with van der Waals surface area (Å²) in [4.78, 5) is 30.8. The second-order valence-electron chi connectivity index (χ2n) is 9.94. The fraction of sp³-hybridized carbons (Fsp3) is 0.357. The fourth-order valence-electron chi connectivity index (χ4n) is 7.37. The first-order valence-electron chi connectivity index (χ1n) is 12.0. The lowest BCUT2D eigenvalue weighted by Gasteiger charge is -2.58. The minimum Gasteiger partial charge on any atom is -0.493 e. The molecule has 0 radical (unpaired) electrons. The van der Waals surface area contributed by atoms with Crippen LogP contribution in [-0.2, 0) is 11.8 Å². The van der Waals surface area contributed by atoms with Crippen LogP contribution in [0.3, 0.4) is 0 Å². The minimum atomic E-state index is -0.474. The molecule has 34 heavy (non-hydrogen) atoms. The standard InChI is InChI=1S/C28H26N2O4/c1-3-13-29-14-12-28-19-9-10-20(30-26(31)17-6-4-5-7-18(17)27(30)32)25(28)34-24-22(33-2)11-8-16(23(24)28)15-21(19)29/h3-11,19-21,25H,1,12-15H2,2H3/t19-,20+,21+,25-,28-/m0/s1. The summed E-state index contributed by atoms with van der Waals surface area (Å²) in [7, 11) is 1.66. The number of piperidine rings is 1. The van der Waals surface area contributed by atoms with Crippen molar-refractivity contribution in [3.63, 3.8) is 0 Å². The molecule has 0 aromatic heterocycles. The Kier molecular flexibility index (Phi) is 4.02. The summed E-state index contributed by atoms with van der Waals surface area (Å²) in [6, 6.07) is 11.1. The smallest absolute Gasteiger partial charge is 0.262 e. The normalized spacial score (nSPS) is 32.3. The van der Waals surface area contributed by atoms with Gasteiger partial charge in [0.15, 0.2) is 11.5 Å². The van der Waals surface area contributed by atoms with Gasteiger partial charge in [-0.15, -0.1) is 6.58 Å². The van der Waals surface area contributed by atoms with Crippen LogP contribution in [0, 0.1) is 5.92 Å². The maximum atomic E-state index is 13.4. The second-order valence-corrected chi connectivity index (χ2v) is 9.94. The van der Waals surface area contributed by atoms with Gasteiger partial charge in [-0.25, -0.2) is 0 Å². The SMILES string of the molecule is C=CCN1CC[C@]23c4c5ccc(OC)c4O[C@H]2[C@H](N2C(=O)c4ccccc4C2=O)C=C[C@H]3[C@H]1C5. The Morgan fingerprint density at radius 1 is 1.15 bits per heavy atom. The Balaban J connectivity index is 1.40. The van der Waals surface area contributed by atoms with Crippen molar-refractivity contribution in [3.8, 4) is 11.5 Å². The number of hydrogen-bond donors (Lipinski definition) is 0. The van der Waals surface area contributed by atoms with Crippen LogP contribution in [0.2, 0.25) is 0 Å². The summed E-state index contributed by atoms with van der Waals surface area (Å²) < 4.78 is 12.5. The minimum absolute atomic E-state index is 0.235. The van der Waals surface area contributed by atoms with E-state index in [-0.39, 0.29) is 29.3 Å². The van der Waals surface area contributed by atoms with Crippen LogP contribution in [0.25, 0.3) is 0 Å². The van der Waals surface area contributed by atoms with Gasteiger partial charge in [-0.1, -0.05) is 36.4 Å². The zero-order valence-corrected chi connectivity index (χ0v) is 19.1. The number of imide groups is 1. The van der Waals surface area contributed by atoms with E-state index in [4.69, 9.17) is 9.47 Å². The first-order chi connectivity index (χ1) is 16.6. The Bertz CT molecular complexity index is 1260. The van der Waals surface area contributed by atoms with Gasteiger partial charge in [-0.2, -0.15) is 0 Å². The number of ether oxygens (including phenoxy) is 2. The average molecular weight is 455 g/mol. The average Bonchev–Trinajstić information content (AvgIpc) is 3.33. The molecule has 3 heterocycles. The summed E-state index contributed by atoms with van der Waals surface area (Å²) in [5.74, 6) is 1.25. The van der Waals surface area contributed by atoms with Gasteiger partial charge >= 0.3 is 0 Å². The van der Waals surface area contributed by atoms with Gasteiger partial charge in [0.05, 0.1) is 24.3 Å². The topological polar surface area (TPSA) is 59.1 Å². The molecule has 1 saturated heterocycles. The van der Waals surface area contributed by atoms with Crippen molar-refractivity contribution in [3.05, 3.63) is 83.5 Å². The molecule has 2 aliphatic carbocycles. The van der Waals surface area contributed by atoms with E-state index in [1.165, 1.54) is 16.0 Å². The maximum absolute atomic E-state index is 13.4. The molecular weight excluding hydrogens is 428 g/mol. The number of methoxy groups -OCH3 is 1. The number of fused-ring (bicyclic) bond motifs is 1. The summed E-state index contributed by atoms with van der Waals surface area (Å²) >= 11 is 0. The number of amides is 2. The van der Waals surface area contributed by atoms with Crippen LogP contribution in [0.4, 0.5) is 0 Å². The summed E-state index contributed by atoms with van der Waals surface area (Å²) in [5.41, 5.74) is 3.15. The van der Waals surface area contributed by atoms with Gasteiger partial charge in [0.1, 0.15) is 6.10 Å². The van der Waals surface area contributed by atoms with E-state index in [2.05, 4.69) is 23.6 Å². The van der Waals surface area contributed by atoms with E-state index in [1.54, 1.807) is 31.4 Å². The van der Waals surface area contributed by atoms with Gasteiger partial charge in [-0.05, 0) is 43.1 Å². The van der Waals surface area contributed by atoms with E-state index >= 15 is 0 Å². The van der Waals surface area contributed by atoms with E-state index in [0.717, 1.165) is 31.7 Å². The number of hydrogen-bond acceptors (Lipinski definition) is 5. The molecule has 2 bridgehead atoms. The van der Waals surface area contributed by atoms with Crippen LogP contribution >= 0.6 is 0 Å². The third kappa shape index (κ3) is 2.24. The molecule has 7 rings (SSSR count). The lowest BCUT2D eigenvalue weighted by molar-refractivity contribution is -0.0284. The van der Waals surface area contributed by atoms with E-state index in [9.17, 15) is 9.59 Å². The number of carbonyl (C=O) groups is 2. The van der Waals surface area contributed by atoms with Crippen molar-refractivity contribution < 1.29 is 19.1 Å². The molecule has 2 amide bonds. The molecule has 0 saturated carbocycles. The molecule has 1 spiro atoms. The van der Waals surface area contributed by atoms with E-state index in [1.807, 2.05) is 18.2 Å². The summed E-state index contributed by atoms with van der Waals surface area (Å²) in [6.07, 6.45) is 7.76. The molecule has 6 heteroatoms. The predicted molar refractivity (Wildman–Crippen MR) is 126 cm³/mol. The zero-order chi connectivity index (χ0) is 23.2. The molecule has 2 aromatic rings. The number of carbonyl (C=O) groups excluding carboxylic acids is 2. The molecule has 5 atom stereocenters. The lowest BCUT2D eigenvalue weighted by atomic mass is 9.53. The van der Waals surface area contributed by atoms with Crippen molar-refractivity contribution in [2.75, 3.05) is 20.2 Å². The predicted octanol–water partition coefficient (Wildman–Crippen LogP) is 3.36. The maximum Gasteiger partial charge on any atom is 0.262 e. The highest BCUT2D eigenvalue weighted by Crippen LogP contribution is 2.63.